The molecule has 0 spiro atoms. The third-order valence-electron chi connectivity index (χ3n) is 4.34. The number of benzene rings is 1. The van der Waals surface area contributed by atoms with Crippen molar-refractivity contribution >= 4 is 33.2 Å². The molecule has 1 amide bonds. The molecule has 1 N–H and O–H groups in total. The molecule has 1 aliphatic rings. The van der Waals surface area contributed by atoms with Crippen molar-refractivity contribution < 1.29 is 13.2 Å². The first kappa shape index (κ1) is 18.8. The molecule has 1 aromatic heterocycles. The van der Waals surface area contributed by atoms with Crippen LogP contribution in [0.5, 0.6) is 0 Å². The highest BCUT2D eigenvalue weighted by Gasteiger charge is 2.32. The van der Waals surface area contributed by atoms with Crippen molar-refractivity contribution in [2.24, 2.45) is 5.92 Å². The van der Waals surface area contributed by atoms with Crippen molar-refractivity contribution in [3.05, 3.63) is 59.4 Å². The van der Waals surface area contributed by atoms with Crippen LogP contribution >= 0.6 is 11.6 Å². The van der Waals surface area contributed by atoms with E-state index in [1.165, 1.54) is 4.31 Å². The molecule has 0 radical (unpaired) electrons. The highest BCUT2D eigenvalue weighted by molar-refractivity contribution is 7.88. The first-order chi connectivity index (χ1) is 12.4. The molecule has 1 atom stereocenters. The Balaban J connectivity index is 1.65. The third kappa shape index (κ3) is 4.81. The highest BCUT2D eigenvalue weighted by Crippen LogP contribution is 2.23. The number of halogens is 1. The topological polar surface area (TPSA) is 79.4 Å². The molecule has 6 nitrogen and oxygen atoms in total. The number of piperidine rings is 1. The van der Waals surface area contributed by atoms with Gasteiger partial charge in [0.1, 0.15) is 0 Å². The summed E-state index contributed by atoms with van der Waals surface area (Å²) in [5.41, 5.74) is 1.29. The summed E-state index contributed by atoms with van der Waals surface area (Å²) in [4.78, 5) is 16.4. The summed E-state index contributed by atoms with van der Waals surface area (Å²) in [6, 6.07) is 10.2. The van der Waals surface area contributed by atoms with Crippen LogP contribution in [0, 0.1) is 5.92 Å². The van der Waals surface area contributed by atoms with Crippen LogP contribution in [-0.4, -0.2) is 36.7 Å². The fraction of sp³-hybridized carbons (Fsp3) is 0.333. The number of rotatable bonds is 5. The van der Waals surface area contributed by atoms with Crippen molar-refractivity contribution in [2.75, 3.05) is 18.4 Å². The Kier molecular flexibility index (Phi) is 5.90. The molecule has 3 rings (SSSR count). The number of anilines is 1. The van der Waals surface area contributed by atoms with Gasteiger partial charge in [-0.15, -0.1) is 0 Å². The van der Waals surface area contributed by atoms with E-state index in [-0.39, 0.29) is 24.1 Å². The first-order valence-electron chi connectivity index (χ1n) is 8.37. The summed E-state index contributed by atoms with van der Waals surface area (Å²) >= 11 is 5.84. The summed E-state index contributed by atoms with van der Waals surface area (Å²) in [7, 11) is -3.49. The van der Waals surface area contributed by atoms with Gasteiger partial charge >= 0.3 is 0 Å². The van der Waals surface area contributed by atoms with Crippen molar-refractivity contribution in [2.45, 2.75) is 18.6 Å². The minimum absolute atomic E-state index is 0.0961. The minimum atomic E-state index is -3.49. The zero-order chi connectivity index (χ0) is 18.6. The Morgan fingerprint density at radius 1 is 1.27 bits per heavy atom. The van der Waals surface area contributed by atoms with Gasteiger partial charge in [-0.3, -0.25) is 9.78 Å². The molecule has 1 saturated heterocycles. The highest BCUT2D eigenvalue weighted by atomic mass is 35.5. The summed E-state index contributed by atoms with van der Waals surface area (Å²) in [5, 5.41) is 3.37. The van der Waals surface area contributed by atoms with E-state index in [0.717, 1.165) is 0 Å². The zero-order valence-corrected chi connectivity index (χ0v) is 15.7. The van der Waals surface area contributed by atoms with Crippen LogP contribution in [0.1, 0.15) is 18.4 Å². The number of amides is 1. The molecule has 0 saturated carbocycles. The monoisotopic (exact) mass is 393 g/mol. The summed E-state index contributed by atoms with van der Waals surface area (Å²) in [5.74, 6) is -0.644. The molecule has 0 aliphatic carbocycles. The lowest BCUT2D eigenvalue weighted by Gasteiger charge is -2.31. The van der Waals surface area contributed by atoms with E-state index in [9.17, 15) is 13.2 Å². The van der Waals surface area contributed by atoms with Gasteiger partial charge < -0.3 is 5.32 Å². The fourth-order valence-corrected chi connectivity index (χ4v) is 4.71. The average Bonchev–Trinajstić information content (AvgIpc) is 2.64. The van der Waals surface area contributed by atoms with Gasteiger partial charge in [0.2, 0.25) is 15.9 Å². The smallest absolute Gasteiger partial charge is 0.228 e. The number of pyridine rings is 1. The van der Waals surface area contributed by atoms with Crippen LogP contribution in [0.25, 0.3) is 0 Å². The van der Waals surface area contributed by atoms with Gasteiger partial charge in [-0.2, -0.15) is 0 Å². The minimum Gasteiger partial charge on any atom is -0.324 e. The second-order valence-electron chi connectivity index (χ2n) is 6.31. The largest absolute Gasteiger partial charge is 0.324 e. The van der Waals surface area contributed by atoms with Gasteiger partial charge in [-0.05, 0) is 42.7 Å². The van der Waals surface area contributed by atoms with Gasteiger partial charge in [-0.1, -0.05) is 23.7 Å². The Bertz CT molecular complexity index is 857. The summed E-state index contributed by atoms with van der Waals surface area (Å²) in [6.07, 6.45) is 4.52. The Hall–Kier alpha value is -1.96. The van der Waals surface area contributed by atoms with Gasteiger partial charge in [0.15, 0.2) is 0 Å². The van der Waals surface area contributed by atoms with E-state index in [1.807, 2.05) is 0 Å². The predicted molar refractivity (Wildman–Crippen MR) is 101 cm³/mol. The lowest BCUT2D eigenvalue weighted by molar-refractivity contribution is -0.120. The Labute approximate surface area is 158 Å². The average molecular weight is 394 g/mol. The van der Waals surface area contributed by atoms with E-state index in [4.69, 9.17) is 11.6 Å². The molecule has 1 aliphatic heterocycles. The quantitative estimate of drug-likeness (QED) is 0.847. The maximum absolute atomic E-state index is 12.7. The number of carbonyl (C=O) groups excluding carboxylic acids is 1. The van der Waals surface area contributed by atoms with Crippen LogP contribution in [-0.2, 0) is 20.6 Å². The van der Waals surface area contributed by atoms with Crippen LogP contribution in [0.2, 0.25) is 5.02 Å². The van der Waals surface area contributed by atoms with Gasteiger partial charge in [0, 0.05) is 24.3 Å². The fourth-order valence-electron chi connectivity index (χ4n) is 2.97. The third-order valence-corrected chi connectivity index (χ3v) is 6.41. The zero-order valence-electron chi connectivity index (χ0n) is 14.1. The van der Waals surface area contributed by atoms with Crippen molar-refractivity contribution in [1.82, 2.24) is 9.29 Å². The molecular weight excluding hydrogens is 374 g/mol. The molecule has 1 fully saturated rings. The molecule has 0 bridgehead atoms. The molecule has 2 aromatic rings. The Morgan fingerprint density at radius 3 is 2.73 bits per heavy atom. The normalized spacial score (nSPS) is 18.4. The van der Waals surface area contributed by atoms with E-state index < -0.39 is 10.0 Å². The van der Waals surface area contributed by atoms with Crippen molar-refractivity contribution in [3.8, 4) is 0 Å². The second-order valence-corrected chi connectivity index (χ2v) is 8.72. The number of hydrogen-bond donors (Lipinski definition) is 1. The van der Waals surface area contributed by atoms with E-state index >= 15 is 0 Å². The molecule has 0 unspecified atom stereocenters. The summed E-state index contributed by atoms with van der Waals surface area (Å²) in [6.45, 7) is 0.634. The van der Waals surface area contributed by atoms with Gasteiger partial charge in [-0.25, -0.2) is 12.7 Å². The van der Waals surface area contributed by atoms with Gasteiger partial charge in [0.25, 0.3) is 0 Å². The number of aromatic nitrogens is 1. The molecule has 2 heterocycles. The van der Waals surface area contributed by atoms with Crippen LogP contribution < -0.4 is 5.32 Å². The van der Waals surface area contributed by atoms with Crippen LogP contribution in [0.4, 0.5) is 5.69 Å². The number of nitrogens with zero attached hydrogens (tertiary/aromatic N) is 2. The van der Waals surface area contributed by atoms with Gasteiger partial charge in [0.05, 0.1) is 23.6 Å². The molecule has 26 heavy (non-hydrogen) atoms. The predicted octanol–water partition coefficient (Wildman–Crippen LogP) is 2.92. The maximum atomic E-state index is 12.7. The van der Waals surface area contributed by atoms with E-state index in [2.05, 4.69) is 10.3 Å². The molecule has 1 aromatic carbocycles. The summed E-state index contributed by atoms with van der Waals surface area (Å²) < 4.78 is 26.9. The molecule has 138 valence electrons. The van der Waals surface area contributed by atoms with Crippen LogP contribution in [0.15, 0.2) is 48.8 Å². The lowest BCUT2D eigenvalue weighted by atomic mass is 9.99. The standard InChI is InChI=1S/C18H20ClN3O3S/c19-16-7-5-14(6-8-16)13-26(24,25)22-10-2-3-15(12-22)18(23)21-17-4-1-9-20-11-17/h1,4-9,11,15H,2-3,10,12-13H2,(H,21,23)/t15-/m1/s1. The second kappa shape index (κ2) is 8.16. The van der Waals surface area contributed by atoms with E-state index in [0.29, 0.717) is 35.7 Å². The SMILES string of the molecule is O=C(Nc1cccnc1)[C@@H]1CCCN(S(=O)(=O)Cc2ccc(Cl)cc2)C1. The maximum Gasteiger partial charge on any atom is 0.228 e. The number of hydrogen-bond acceptors (Lipinski definition) is 4. The Morgan fingerprint density at radius 2 is 2.04 bits per heavy atom. The van der Waals surface area contributed by atoms with Crippen molar-refractivity contribution in [3.63, 3.8) is 0 Å². The number of sulfonamides is 1. The lowest BCUT2D eigenvalue weighted by Crippen LogP contribution is -2.44. The molecular formula is C18H20ClN3O3S. The number of carbonyl (C=O) groups is 1. The first-order valence-corrected chi connectivity index (χ1v) is 10.4. The van der Waals surface area contributed by atoms with Crippen LogP contribution in [0.3, 0.4) is 0 Å². The number of nitrogens with one attached hydrogen (secondary N) is 1. The molecule has 8 heteroatoms. The van der Waals surface area contributed by atoms with Crippen molar-refractivity contribution in [1.29, 1.82) is 0 Å². The van der Waals surface area contributed by atoms with E-state index in [1.54, 1.807) is 48.8 Å².